The lowest BCUT2D eigenvalue weighted by Crippen LogP contribution is -2.46. The van der Waals surface area contributed by atoms with Crippen LogP contribution in [-0.4, -0.2) is 18.1 Å². The molecule has 2 fully saturated rings. The fourth-order valence-electron chi connectivity index (χ4n) is 2.74. The van der Waals surface area contributed by atoms with E-state index in [1.807, 2.05) is 0 Å². The van der Waals surface area contributed by atoms with Gasteiger partial charge in [-0.25, -0.2) is 4.79 Å². The fraction of sp³-hybridized carbons (Fsp3) is 0.929. The van der Waals surface area contributed by atoms with Gasteiger partial charge in [0, 0.05) is 12.1 Å². The van der Waals surface area contributed by atoms with Gasteiger partial charge in [0.25, 0.3) is 0 Å². The molecule has 98 valence electrons. The largest absolute Gasteiger partial charge is 0.335 e. The molecule has 0 aromatic heterocycles. The second-order valence-corrected chi connectivity index (χ2v) is 5.74. The number of carbonyl (C=O) groups is 1. The van der Waals surface area contributed by atoms with Gasteiger partial charge in [0.05, 0.1) is 0 Å². The summed E-state index contributed by atoms with van der Waals surface area (Å²) in [6.07, 6.45) is 11.1. The van der Waals surface area contributed by atoms with Gasteiger partial charge in [0.15, 0.2) is 0 Å². The van der Waals surface area contributed by atoms with Crippen LogP contribution in [0.1, 0.15) is 64.7 Å². The fourth-order valence-corrected chi connectivity index (χ4v) is 2.74. The summed E-state index contributed by atoms with van der Waals surface area (Å²) >= 11 is 0. The van der Waals surface area contributed by atoms with Crippen molar-refractivity contribution in [2.24, 2.45) is 5.92 Å². The molecule has 0 aromatic carbocycles. The van der Waals surface area contributed by atoms with E-state index >= 15 is 0 Å². The van der Waals surface area contributed by atoms with Gasteiger partial charge in [-0.3, -0.25) is 0 Å². The Hall–Kier alpha value is -0.730. The molecular formula is C14H26N2O. The van der Waals surface area contributed by atoms with E-state index in [-0.39, 0.29) is 6.03 Å². The first kappa shape index (κ1) is 12.7. The molecule has 17 heavy (non-hydrogen) atoms. The normalized spacial score (nSPS) is 23.1. The van der Waals surface area contributed by atoms with Crippen LogP contribution >= 0.6 is 0 Å². The van der Waals surface area contributed by atoms with Crippen molar-refractivity contribution < 1.29 is 4.79 Å². The summed E-state index contributed by atoms with van der Waals surface area (Å²) in [6, 6.07) is 0.859. The van der Waals surface area contributed by atoms with Gasteiger partial charge in [-0.15, -0.1) is 0 Å². The van der Waals surface area contributed by atoms with Crippen molar-refractivity contribution in [2.45, 2.75) is 76.8 Å². The van der Waals surface area contributed by atoms with Crippen molar-refractivity contribution in [3.63, 3.8) is 0 Å². The van der Waals surface area contributed by atoms with Gasteiger partial charge in [-0.1, -0.05) is 39.0 Å². The third-order valence-electron chi connectivity index (χ3n) is 4.08. The minimum Gasteiger partial charge on any atom is -0.335 e. The molecule has 3 heteroatoms. The zero-order valence-electron chi connectivity index (χ0n) is 11.0. The van der Waals surface area contributed by atoms with Crippen molar-refractivity contribution in [3.05, 3.63) is 0 Å². The topological polar surface area (TPSA) is 41.1 Å². The molecule has 2 amide bonds. The van der Waals surface area contributed by atoms with Gasteiger partial charge < -0.3 is 10.6 Å². The number of amides is 2. The maximum absolute atomic E-state index is 11.9. The molecule has 1 unspecified atom stereocenters. The summed E-state index contributed by atoms with van der Waals surface area (Å²) in [4.78, 5) is 11.9. The monoisotopic (exact) mass is 238 g/mol. The summed E-state index contributed by atoms with van der Waals surface area (Å²) in [5.41, 5.74) is 0. The Labute approximate surface area is 105 Å². The van der Waals surface area contributed by atoms with Crippen LogP contribution in [0.3, 0.4) is 0 Å². The number of rotatable bonds is 5. The van der Waals surface area contributed by atoms with Gasteiger partial charge in [-0.2, -0.15) is 0 Å². The average molecular weight is 238 g/mol. The highest BCUT2D eigenvalue weighted by Gasteiger charge is 2.26. The lowest BCUT2D eigenvalue weighted by atomic mass is 9.96. The van der Waals surface area contributed by atoms with Crippen LogP contribution in [0.4, 0.5) is 4.79 Å². The van der Waals surface area contributed by atoms with Crippen LogP contribution in [0.2, 0.25) is 0 Å². The molecule has 2 rings (SSSR count). The predicted molar refractivity (Wildman–Crippen MR) is 70.0 cm³/mol. The highest BCUT2D eigenvalue weighted by molar-refractivity contribution is 5.74. The molecule has 1 atom stereocenters. The van der Waals surface area contributed by atoms with Gasteiger partial charge in [-0.05, 0) is 31.6 Å². The van der Waals surface area contributed by atoms with E-state index in [0.29, 0.717) is 12.1 Å². The molecule has 2 aliphatic carbocycles. The van der Waals surface area contributed by atoms with Crippen molar-refractivity contribution in [1.82, 2.24) is 10.6 Å². The zero-order valence-corrected chi connectivity index (χ0v) is 11.0. The molecule has 0 radical (unpaired) electrons. The Kier molecular flexibility index (Phi) is 4.69. The molecule has 0 bridgehead atoms. The van der Waals surface area contributed by atoms with Crippen LogP contribution in [0.25, 0.3) is 0 Å². The molecular weight excluding hydrogens is 212 g/mol. The smallest absolute Gasteiger partial charge is 0.315 e. The number of nitrogens with one attached hydrogen (secondary N) is 2. The van der Waals surface area contributed by atoms with E-state index in [9.17, 15) is 4.79 Å². The highest BCUT2D eigenvalue weighted by atomic mass is 16.2. The van der Waals surface area contributed by atoms with Crippen LogP contribution in [0.15, 0.2) is 0 Å². The predicted octanol–water partition coefficient (Wildman–Crippen LogP) is 3.20. The van der Waals surface area contributed by atoms with E-state index in [4.69, 9.17) is 0 Å². The Morgan fingerprint density at radius 1 is 1.18 bits per heavy atom. The van der Waals surface area contributed by atoms with E-state index in [1.54, 1.807) is 0 Å². The van der Waals surface area contributed by atoms with Gasteiger partial charge >= 0.3 is 6.03 Å². The van der Waals surface area contributed by atoms with Crippen LogP contribution in [-0.2, 0) is 0 Å². The van der Waals surface area contributed by atoms with Crippen LogP contribution in [0.5, 0.6) is 0 Å². The Morgan fingerprint density at radius 3 is 2.47 bits per heavy atom. The molecule has 0 saturated heterocycles. The lowest BCUT2D eigenvalue weighted by molar-refractivity contribution is 0.227. The summed E-state index contributed by atoms with van der Waals surface area (Å²) in [5.74, 6) is 0.884. The molecule has 2 N–H and O–H groups in total. The molecule has 0 aliphatic heterocycles. The van der Waals surface area contributed by atoms with E-state index in [0.717, 1.165) is 25.2 Å². The molecule has 0 aromatic rings. The average Bonchev–Trinajstić information content (AvgIpc) is 3.13. The number of hydrogen-bond donors (Lipinski definition) is 2. The number of hydrogen-bond acceptors (Lipinski definition) is 1. The van der Waals surface area contributed by atoms with E-state index in [2.05, 4.69) is 17.6 Å². The van der Waals surface area contributed by atoms with E-state index in [1.165, 1.54) is 38.5 Å². The Balaban J connectivity index is 1.66. The highest BCUT2D eigenvalue weighted by Crippen LogP contribution is 2.34. The maximum Gasteiger partial charge on any atom is 0.315 e. The van der Waals surface area contributed by atoms with Gasteiger partial charge in [0.2, 0.25) is 0 Å². The summed E-state index contributed by atoms with van der Waals surface area (Å²) in [7, 11) is 0. The molecule has 3 nitrogen and oxygen atoms in total. The second-order valence-electron chi connectivity index (χ2n) is 5.74. The first-order valence-electron chi connectivity index (χ1n) is 7.35. The lowest BCUT2D eigenvalue weighted by Gasteiger charge is -2.24. The number of carbonyl (C=O) groups excluding carboxylic acids is 1. The maximum atomic E-state index is 11.9. The summed E-state index contributed by atoms with van der Waals surface area (Å²) in [6.45, 7) is 2.16. The van der Waals surface area contributed by atoms with E-state index < -0.39 is 0 Å². The molecule has 2 aliphatic rings. The Bertz CT molecular complexity index is 245. The molecule has 0 heterocycles. The van der Waals surface area contributed by atoms with Crippen molar-refractivity contribution in [3.8, 4) is 0 Å². The van der Waals surface area contributed by atoms with Crippen molar-refractivity contribution in [2.75, 3.05) is 0 Å². The quantitative estimate of drug-likeness (QED) is 0.758. The minimum absolute atomic E-state index is 0.0596. The van der Waals surface area contributed by atoms with Crippen molar-refractivity contribution >= 4 is 6.03 Å². The third-order valence-corrected chi connectivity index (χ3v) is 4.08. The SMILES string of the molecule is CCC(CC1CC1)NC(=O)NC1CCCCC1. The molecule has 2 saturated carbocycles. The first-order chi connectivity index (χ1) is 8.28. The summed E-state index contributed by atoms with van der Waals surface area (Å²) < 4.78 is 0. The first-order valence-corrected chi connectivity index (χ1v) is 7.35. The minimum atomic E-state index is 0.0596. The zero-order chi connectivity index (χ0) is 12.1. The Morgan fingerprint density at radius 2 is 1.88 bits per heavy atom. The molecule has 0 spiro atoms. The second kappa shape index (κ2) is 6.27. The van der Waals surface area contributed by atoms with Gasteiger partial charge in [0.1, 0.15) is 0 Å². The third kappa shape index (κ3) is 4.57. The van der Waals surface area contributed by atoms with Crippen LogP contribution in [0, 0.1) is 5.92 Å². The standard InChI is InChI=1S/C14H26N2O/c1-2-12(10-11-8-9-11)15-14(17)16-13-6-4-3-5-7-13/h11-13H,2-10H2,1H3,(H2,15,16,17). The number of urea groups is 1. The van der Waals surface area contributed by atoms with Crippen LogP contribution < -0.4 is 10.6 Å². The van der Waals surface area contributed by atoms with Crippen molar-refractivity contribution in [1.29, 1.82) is 0 Å². The summed E-state index contributed by atoms with van der Waals surface area (Å²) in [5, 5.41) is 6.26.